The van der Waals surface area contributed by atoms with E-state index in [1.807, 2.05) is 12.7 Å². The first kappa shape index (κ1) is 18.7. The van der Waals surface area contributed by atoms with Gasteiger partial charge in [-0.25, -0.2) is 9.97 Å². The molecule has 0 amide bonds. The van der Waals surface area contributed by atoms with Gasteiger partial charge in [0, 0.05) is 13.1 Å². The first-order valence-electron chi connectivity index (χ1n) is 10.7. The van der Waals surface area contributed by atoms with Gasteiger partial charge in [-0.15, -0.1) is 0 Å². The highest BCUT2D eigenvalue weighted by Gasteiger charge is 2.02. The van der Waals surface area contributed by atoms with E-state index in [9.17, 15) is 0 Å². The summed E-state index contributed by atoms with van der Waals surface area (Å²) in [5.74, 6) is 0. The number of imidazole rings is 2. The number of rotatable bonds is 11. The molecule has 2 aromatic heterocycles. The van der Waals surface area contributed by atoms with E-state index in [0.29, 0.717) is 0 Å². The van der Waals surface area contributed by atoms with Crippen LogP contribution in [-0.2, 0) is 13.1 Å². The molecule has 146 valence electrons. The Bertz CT molecular complexity index is 916. The molecule has 0 aliphatic heterocycles. The Morgan fingerprint density at radius 1 is 0.500 bits per heavy atom. The monoisotopic (exact) mass is 374 g/mol. The highest BCUT2D eigenvalue weighted by atomic mass is 15.0. The maximum Gasteiger partial charge on any atom is 0.0958 e. The first-order chi connectivity index (χ1) is 13.9. The van der Waals surface area contributed by atoms with Crippen molar-refractivity contribution in [3.05, 3.63) is 61.2 Å². The topological polar surface area (TPSA) is 35.6 Å². The number of benzene rings is 2. The smallest absolute Gasteiger partial charge is 0.0958 e. The predicted octanol–water partition coefficient (Wildman–Crippen LogP) is 6.21. The van der Waals surface area contributed by atoms with Gasteiger partial charge in [-0.1, -0.05) is 62.8 Å². The minimum absolute atomic E-state index is 1.08. The zero-order valence-electron chi connectivity index (χ0n) is 16.6. The molecule has 4 aromatic rings. The molecule has 0 N–H and O–H groups in total. The number of unbranched alkanes of at least 4 members (excludes halogenated alkanes) is 7. The van der Waals surface area contributed by atoms with Gasteiger partial charge >= 0.3 is 0 Å². The van der Waals surface area contributed by atoms with Gasteiger partial charge in [-0.2, -0.15) is 0 Å². The molecule has 0 atom stereocenters. The summed E-state index contributed by atoms with van der Waals surface area (Å²) in [5.41, 5.74) is 4.72. The fraction of sp³-hybridized carbons (Fsp3) is 0.417. The second-order valence-corrected chi connectivity index (χ2v) is 7.68. The highest BCUT2D eigenvalue weighted by molar-refractivity contribution is 5.75. The number of hydrogen-bond donors (Lipinski definition) is 0. The maximum atomic E-state index is 4.47. The lowest BCUT2D eigenvalue weighted by atomic mass is 10.1. The average molecular weight is 375 g/mol. The lowest BCUT2D eigenvalue weighted by Gasteiger charge is -2.06. The van der Waals surface area contributed by atoms with Crippen LogP contribution in [0.2, 0.25) is 0 Å². The fourth-order valence-electron chi connectivity index (χ4n) is 4.00. The van der Waals surface area contributed by atoms with Crippen molar-refractivity contribution in [1.29, 1.82) is 0 Å². The van der Waals surface area contributed by atoms with Gasteiger partial charge in [-0.3, -0.25) is 0 Å². The Morgan fingerprint density at radius 3 is 1.36 bits per heavy atom. The zero-order valence-corrected chi connectivity index (χ0v) is 16.6. The van der Waals surface area contributed by atoms with Gasteiger partial charge in [0.15, 0.2) is 0 Å². The number of aryl methyl sites for hydroxylation is 2. The summed E-state index contributed by atoms with van der Waals surface area (Å²) >= 11 is 0. The number of nitrogens with zero attached hydrogens (tertiary/aromatic N) is 4. The summed E-state index contributed by atoms with van der Waals surface area (Å²) in [7, 11) is 0. The van der Waals surface area contributed by atoms with Crippen molar-refractivity contribution in [1.82, 2.24) is 19.1 Å². The van der Waals surface area contributed by atoms with E-state index in [4.69, 9.17) is 0 Å². The zero-order chi connectivity index (χ0) is 19.0. The fourth-order valence-corrected chi connectivity index (χ4v) is 4.00. The van der Waals surface area contributed by atoms with Crippen molar-refractivity contribution in [2.45, 2.75) is 64.5 Å². The molecule has 2 aromatic carbocycles. The van der Waals surface area contributed by atoms with Crippen LogP contribution in [0.4, 0.5) is 0 Å². The van der Waals surface area contributed by atoms with Crippen molar-refractivity contribution in [3.63, 3.8) is 0 Å². The Morgan fingerprint density at radius 2 is 0.893 bits per heavy atom. The average Bonchev–Trinajstić information content (AvgIpc) is 3.34. The summed E-state index contributed by atoms with van der Waals surface area (Å²) in [6.45, 7) is 2.17. The normalized spacial score (nSPS) is 11.6. The Hall–Kier alpha value is -2.62. The summed E-state index contributed by atoms with van der Waals surface area (Å²) in [5, 5.41) is 0. The third-order valence-electron chi connectivity index (χ3n) is 5.60. The summed E-state index contributed by atoms with van der Waals surface area (Å²) in [6.07, 6.45) is 14.5. The van der Waals surface area contributed by atoms with Gasteiger partial charge in [0.05, 0.1) is 34.7 Å². The van der Waals surface area contributed by atoms with E-state index in [0.717, 1.165) is 24.1 Å². The van der Waals surface area contributed by atoms with Crippen LogP contribution in [0.25, 0.3) is 22.1 Å². The molecule has 28 heavy (non-hydrogen) atoms. The van der Waals surface area contributed by atoms with Crippen LogP contribution in [-0.4, -0.2) is 19.1 Å². The van der Waals surface area contributed by atoms with Gasteiger partial charge < -0.3 is 9.13 Å². The molecular formula is C24H30N4. The summed E-state index contributed by atoms with van der Waals surface area (Å²) in [4.78, 5) is 8.94. The molecule has 0 aliphatic carbocycles. The van der Waals surface area contributed by atoms with Crippen molar-refractivity contribution in [2.24, 2.45) is 0 Å². The minimum Gasteiger partial charge on any atom is -0.331 e. The molecule has 4 heteroatoms. The Kier molecular flexibility index (Phi) is 6.38. The quantitative estimate of drug-likeness (QED) is 0.293. The highest BCUT2D eigenvalue weighted by Crippen LogP contribution is 2.16. The molecule has 0 fully saturated rings. The molecule has 0 saturated heterocycles. The molecule has 0 bridgehead atoms. The van der Waals surface area contributed by atoms with E-state index >= 15 is 0 Å². The molecule has 4 rings (SSSR count). The molecule has 0 saturated carbocycles. The van der Waals surface area contributed by atoms with Gasteiger partial charge in [0.1, 0.15) is 0 Å². The molecule has 2 heterocycles. The largest absolute Gasteiger partial charge is 0.331 e. The van der Waals surface area contributed by atoms with Crippen molar-refractivity contribution >= 4 is 22.1 Å². The van der Waals surface area contributed by atoms with Gasteiger partial charge in [-0.05, 0) is 37.1 Å². The third-order valence-corrected chi connectivity index (χ3v) is 5.60. The van der Waals surface area contributed by atoms with Gasteiger partial charge in [0.2, 0.25) is 0 Å². The molecule has 0 spiro atoms. The van der Waals surface area contributed by atoms with E-state index in [1.165, 1.54) is 62.4 Å². The number of fused-ring (bicyclic) bond motifs is 2. The van der Waals surface area contributed by atoms with E-state index < -0.39 is 0 Å². The van der Waals surface area contributed by atoms with E-state index in [2.05, 4.69) is 67.6 Å². The molecule has 0 aliphatic rings. The predicted molar refractivity (Wildman–Crippen MR) is 116 cm³/mol. The molecule has 0 unspecified atom stereocenters. The lowest BCUT2D eigenvalue weighted by Crippen LogP contribution is -1.96. The second kappa shape index (κ2) is 9.54. The van der Waals surface area contributed by atoms with Crippen LogP contribution in [0, 0.1) is 0 Å². The van der Waals surface area contributed by atoms with E-state index in [-0.39, 0.29) is 0 Å². The Labute approximate surface area is 167 Å². The molecule has 4 nitrogen and oxygen atoms in total. The number of aromatic nitrogens is 4. The summed E-state index contributed by atoms with van der Waals surface area (Å²) < 4.78 is 4.57. The summed E-state index contributed by atoms with van der Waals surface area (Å²) in [6, 6.07) is 16.8. The van der Waals surface area contributed by atoms with Crippen LogP contribution in [0.5, 0.6) is 0 Å². The standard InChI is InChI=1S/C24H30N4/c1(3-5-11-17-27-19-25-21-13-7-9-15-23(21)27)2-4-6-12-18-28-20-26-22-14-8-10-16-24(22)28/h7-10,13-16,19-20H,1-6,11-12,17-18H2. The van der Waals surface area contributed by atoms with Gasteiger partial charge in [0.25, 0.3) is 0 Å². The molecular weight excluding hydrogens is 344 g/mol. The van der Waals surface area contributed by atoms with Crippen LogP contribution >= 0.6 is 0 Å². The minimum atomic E-state index is 1.08. The van der Waals surface area contributed by atoms with Crippen LogP contribution in [0.1, 0.15) is 51.4 Å². The van der Waals surface area contributed by atoms with Crippen molar-refractivity contribution in [3.8, 4) is 0 Å². The number of para-hydroxylation sites is 4. The maximum absolute atomic E-state index is 4.47. The first-order valence-corrected chi connectivity index (χ1v) is 10.7. The Balaban J connectivity index is 1.05. The molecule has 0 radical (unpaired) electrons. The second-order valence-electron chi connectivity index (χ2n) is 7.68. The van der Waals surface area contributed by atoms with E-state index in [1.54, 1.807) is 0 Å². The van der Waals surface area contributed by atoms with Crippen molar-refractivity contribution in [2.75, 3.05) is 0 Å². The third kappa shape index (κ3) is 4.61. The number of hydrogen-bond acceptors (Lipinski definition) is 2. The van der Waals surface area contributed by atoms with Crippen LogP contribution in [0.15, 0.2) is 61.2 Å². The van der Waals surface area contributed by atoms with Crippen molar-refractivity contribution < 1.29 is 0 Å². The van der Waals surface area contributed by atoms with Crippen LogP contribution < -0.4 is 0 Å². The lowest BCUT2D eigenvalue weighted by molar-refractivity contribution is 0.530. The van der Waals surface area contributed by atoms with Crippen LogP contribution in [0.3, 0.4) is 0 Å². The SMILES string of the molecule is c1ccc2c(c1)ncn2CCCCCCCCCCn1cnc2ccccc21.